The molecule has 0 bridgehead atoms. The van der Waals surface area contributed by atoms with Gasteiger partial charge in [-0.2, -0.15) is 5.10 Å². The lowest BCUT2D eigenvalue weighted by Gasteiger charge is -2.08. The highest BCUT2D eigenvalue weighted by atomic mass is 16.5. The molecule has 2 amide bonds. The lowest BCUT2D eigenvalue weighted by atomic mass is 10.1. The number of carbonyl (C=O) groups excluding carboxylic acids is 1. The van der Waals surface area contributed by atoms with E-state index in [0.717, 1.165) is 28.0 Å². The third-order valence-corrected chi connectivity index (χ3v) is 5.68. The van der Waals surface area contributed by atoms with Gasteiger partial charge in [-0.3, -0.25) is 0 Å². The summed E-state index contributed by atoms with van der Waals surface area (Å²) in [5.41, 5.74) is 11.2. The molecule has 0 saturated heterocycles. The number of fused-ring (bicyclic) bond motifs is 1. The zero-order chi connectivity index (χ0) is 24.9. The molecule has 0 radical (unpaired) electrons. The predicted octanol–water partition coefficient (Wildman–Crippen LogP) is 4.05. The minimum Gasteiger partial charge on any atom is -0.489 e. The monoisotopic (exact) mass is 479 g/mol. The largest absolute Gasteiger partial charge is 0.489 e. The first-order valence-corrected chi connectivity index (χ1v) is 11.4. The molecule has 2 aromatic heterocycles. The van der Waals surface area contributed by atoms with Crippen molar-refractivity contribution >= 4 is 17.4 Å². The molecule has 4 N–H and O–H groups in total. The number of carbonyl (C=O) groups is 1. The predicted molar refractivity (Wildman–Crippen MR) is 138 cm³/mol. The van der Waals surface area contributed by atoms with Gasteiger partial charge in [0, 0.05) is 24.7 Å². The molecule has 0 atom stereocenters. The number of benzene rings is 3. The van der Waals surface area contributed by atoms with Crippen LogP contribution < -0.4 is 21.1 Å². The standard InChI is InChI=1S/C27H25N7O2/c1-29-27(35)30-15-19-9-5-11-21(13-19)26-33-23(24-25(28)31-17-32-34(24)26)20-10-6-12-22(14-20)36-16-18-7-3-2-4-8-18/h2-14,17H,15-16H2,1H3,(H2,28,31,32)(H2,29,30,35). The summed E-state index contributed by atoms with van der Waals surface area (Å²) < 4.78 is 7.72. The lowest BCUT2D eigenvalue weighted by molar-refractivity contribution is 0.242. The highest BCUT2D eigenvalue weighted by Gasteiger charge is 2.19. The van der Waals surface area contributed by atoms with Gasteiger partial charge in [0.2, 0.25) is 0 Å². The number of nitrogens with zero attached hydrogens (tertiary/aromatic N) is 4. The van der Waals surface area contributed by atoms with E-state index in [-0.39, 0.29) is 6.03 Å². The van der Waals surface area contributed by atoms with Crippen molar-refractivity contribution in [2.75, 3.05) is 12.8 Å². The van der Waals surface area contributed by atoms with Crippen molar-refractivity contribution < 1.29 is 9.53 Å². The molecule has 180 valence electrons. The number of anilines is 1. The number of nitrogens with one attached hydrogen (secondary N) is 2. The molecule has 36 heavy (non-hydrogen) atoms. The van der Waals surface area contributed by atoms with E-state index in [2.05, 4.69) is 20.7 Å². The maximum Gasteiger partial charge on any atom is 0.314 e. The molecule has 2 heterocycles. The smallest absolute Gasteiger partial charge is 0.314 e. The van der Waals surface area contributed by atoms with Gasteiger partial charge in [-0.1, -0.05) is 60.7 Å². The Kier molecular flexibility index (Phi) is 6.44. The Morgan fingerprint density at radius 3 is 2.58 bits per heavy atom. The van der Waals surface area contributed by atoms with Crippen LogP contribution >= 0.6 is 0 Å². The number of urea groups is 1. The fourth-order valence-electron chi connectivity index (χ4n) is 3.91. The molecule has 0 aliphatic rings. The van der Waals surface area contributed by atoms with Crippen LogP contribution in [0.5, 0.6) is 5.75 Å². The van der Waals surface area contributed by atoms with Gasteiger partial charge >= 0.3 is 6.03 Å². The van der Waals surface area contributed by atoms with E-state index < -0.39 is 0 Å². The first-order chi connectivity index (χ1) is 17.6. The molecule has 9 nitrogen and oxygen atoms in total. The average molecular weight is 480 g/mol. The number of nitrogens with two attached hydrogens (primary N) is 1. The van der Waals surface area contributed by atoms with E-state index >= 15 is 0 Å². The van der Waals surface area contributed by atoms with Crippen LogP contribution in [-0.4, -0.2) is 32.7 Å². The summed E-state index contributed by atoms with van der Waals surface area (Å²) in [6, 6.07) is 25.2. The Bertz CT molecular complexity index is 1520. The average Bonchev–Trinajstić information content (AvgIpc) is 3.33. The summed E-state index contributed by atoms with van der Waals surface area (Å²) in [6.45, 7) is 0.837. The molecule has 0 fully saturated rings. The summed E-state index contributed by atoms with van der Waals surface area (Å²) >= 11 is 0. The van der Waals surface area contributed by atoms with Gasteiger partial charge in [-0.05, 0) is 29.3 Å². The Hall–Kier alpha value is -4.92. The summed E-state index contributed by atoms with van der Waals surface area (Å²) in [6.07, 6.45) is 1.41. The van der Waals surface area contributed by atoms with Crippen molar-refractivity contribution in [3.8, 4) is 28.4 Å². The van der Waals surface area contributed by atoms with E-state index in [0.29, 0.717) is 36.0 Å². The Labute approximate surface area is 208 Å². The first kappa shape index (κ1) is 22.9. The van der Waals surface area contributed by atoms with Crippen LogP contribution in [0.25, 0.3) is 28.2 Å². The van der Waals surface area contributed by atoms with Crippen LogP contribution in [0.15, 0.2) is 85.2 Å². The van der Waals surface area contributed by atoms with Gasteiger partial charge in [0.05, 0.1) is 0 Å². The van der Waals surface area contributed by atoms with Gasteiger partial charge in [0.15, 0.2) is 11.6 Å². The molecule has 0 aliphatic heterocycles. The summed E-state index contributed by atoms with van der Waals surface area (Å²) in [7, 11) is 1.58. The molecule has 0 saturated carbocycles. The van der Waals surface area contributed by atoms with Crippen LogP contribution in [0.3, 0.4) is 0 Å². The number of imidazole rings is 1. The molecule has 3 aromatic carbocycles. The van der Waals surface area contributed by atoms with Gasteiger partial charge in [0.1, 0.15) is 29.9 Å². The van der Waals surface area contributed by atoms with E-state index in [1.807, 2.05) is 78.9 Å². The number of nitrogen functional groups attached to an aromatic ring is 1. The number of hydrogen-bond acceptors (Lipinski definition) is 6. The van der Waals surface area contributed by atoms with Crippen LogP contribution in [0.2, 0.25) is 0 Å². The number of amides is 2. The normalized spacial score (nSPS) is 10.8. The number of rotatable bonds is 7. The third-order valence-electron chi connectivity index (χ3n) is 5.68. The van der Waals surface area contributed by atoms with Crippen LogP contribution in [0.4, 0.5) is 10.6 Å². The molecule has 0 spiro atoms. The third kappa shape index (κ3) is 4.80. The highest BCUT2D eigenvalue weighted by Crippen LogP contribution is 2.33. The molecule has 5 rings (SSSR count). The Balaban J connectivity index is 1.51. The second-order valence-corrected chi connectivity index (χ2v) is 8.12. The molecule has 0 aliphatic carbocycles. The number of hydrogen-bond donors (Lipinski definition) is 3. The zero-order valence-electron chi connectivity index (χ0n) is 19.7. The SMILES string of the molecule is CNC(=O)NCc1cccc(-c2nc(-c3cccc(OCc4ccccc4)c3)c3c(N)ncnn23)c1. The maximum absolute atomic E-state index is 11.6. The van der Waals surface area contributed by atoms with E-state index in [1.165, 1.54) is 6.33 Å². The number of ether oxygens (including phenoxy) is 1. The highest BCUT2D eigenvalue weighted by molar-refractivity contribution is 5.87. The second-order valence-electron chi connectivity index (χ2n) is 8.12. The minimum absolute atomic E-state index is 0.246. The van der Waals surface area contributed by atoms with Crippen molar-refractivity contribution in [3.63, 3.8) is 0 Å². The Morgan fingerprint density at radius 1 is 0.972 bits per heavy atom. The minimum atomic E-state index is -0.246. The van der Waals surface area contributed by atoms with Crippen molar-refractivity contribution in [1.29, 1.82) is 0 Å². The maximum atomic E-state index is 11.6. The lowest BCUT2D eigenvalue weighted by Crippen LogP contribution is -2.32. The van der Waals surface area contributed by atoms with Gasteiger partial charge in [0.25, 0.3) is 0 Å². The molecule has 0 unspecified atom stereocenters. The van der Waals surface area contributed by atoms with Gasteiger partial charge < -0.3 is 21.1 Å². The van der Waals surface area contributed by atoms with E-state index in [1.54, 1.807) is 11.6 Å². The Morgan fingerprint density at radius 2 is 1.75 bits per heavy atom. The molecule has 9 heteroatoms. The van der Waals surface area contributed by atoms with Crippen LogP contribution in [-0.2, 0) is 13.2 Å². The first-order valence-electron chi connectivity index (χ1n) is 11.4. The van der Waals surface area contributed by atoms with Crippen molar-refractivity contribution in [1.82, 2.24) is 30.2 Å². The number of aromatic nitrogens is 4. The van der Waals surface area contributed by atoms with Gasteiger partial charge in [-0.15, -0.1) is 0 Å². The van der Waals surface area contributed by atoms with E-state index in [9.17, 15) is 4.79 Å². The summed E-state index contributed by atoms with van der Waals surface area (Å²) in [5.74, 6) is 1.66. The summed E-state index contributed by atoms with van der Waals surface area (Å²) in [4.78, 5) is 20.7. The summed E-state index contributed by atoms with van der Waals surface area (Å²) in [5, 5.41) is 9.78. The van der Waals surface area contributed by atoms with E-state index in [4.69, 9.17) is 15.5 Å². The van der Waals surface area contributed by atoms with Crippen molar-refractivity contribution in [3.05, 3.63) is 96.3 Å². The quantitative estimate of drug-likeness (QED) is 0.324. The molecule has 5 aromatic rings. The second kappa shape index (κ2) is 10.1. The fraction of sp³-hybridized carbons (Fsp3) is 0.111. The molecular formula is C27H25N7O2. The van der Waals surface area contributed by atoms with Gasteiger partial charge in [-0.25, -0.2) is 19.3 Å². The van der Waals surface area contributed by atoms with Crippen molar-refractivity contribution in [2.24, 2.45) is 0 Å². The van der Waals surface area contributed by atoms with Crippen LogP contribution in [0.1, 0.15) is 11.1 Å². The topological polar surface area (TPSA) is 119 Å². The fourth-order valence-corrected chi connectivity index (χ4v) is 3.91. The van der Waals surface area contributed by atoms with Crippen LogP contribution in [0, 0.1) is 0 Å². The molecular weight excluding hydrogens is 454 g/mol. The van der Waals surface area contributed by atoms with Crippen molar-refractivity contribution in [2.45, 2.75) is 13.2 Å². The zero-order valence-corrected chi connectivity index (χ0v) is 19.7.